The molecule has 3 nitrogen and oxygen atoms in total. The van der Waals surface area contributed by atoms with E-state index in [0.29, 0.717) is 11.0 Å². The van der Waals surface area contributed by atoms with Gasteiger partial charge in [-0.25, -0.2) is 4.79 Å². The lowest BCUT2D eigenvalue weighted by atomic mass is 10.1. The highest BCUT2D eigenvalue weighted by Crippen LogP contribution is 2.38. The molecule has 110 valence electrons. The minimum absolute atomic E-state index is 0.287. The minimum atomic E-state index is -0.287. The van der Waals surface area contributed by atoms with Gasteiger partial charge in [0.15, 0.2) is 0 Å². The van der Waals surface area contributed by atoms with Crippen molar-refractivity contribution in [1.29, 1.82) is 0 Å². The van der Waals surface area contributed by atoms with Gasteiger partial charge in [-0.05, 0) is 29.6 Å². The van der Waals surface area contributed by atoms with Crippen LogP contribution in [0.1, 0.15) is 0 Å². The van der Waals surface area contributed by atoms with Crippen LogP contribution in [0.4, 0.5) is 0 Å². The lowest BCUT2D eigenvalue weighted by Crippen LogP contribution is -1.98. The second-order valence-corrected chi connectivity index (χ2v) is 6.37. The van der Waals surface area contributed by atoms with Gasteiger partial charge in [-0.1, -0.05) is 30.3 Å². The fraction of sp³-hybridized carbons (Fsp3) is 0. The third-order valence-corrected chi connectivity index (χ3v) is 5.04. The van der Waals surface area contributed by atoms with E-state index in [-0.39, 0.29) is 5.63 Å². The summed E-state index contributed by atoms with van der Waals surface area (Å²) in [6, 6.07) is 17.7. The number of rotatable bonds is 1. The number of fused-ring (bicyclic) bond motifs is 5. The zero-order chi connectivity index (χ0) is 15.4. The number of thiophene rings is 1. The standard InChI is InChI=1S/C19H11NO2S/c21-19-17-13-7-3-4-10-20(13)18(15-9-5-11-23-15)16(17)12-6-1-2-8-14(12)22-19/h1-11H. The fourth-order valence-corrected chi connectivity index (χ4v) is 4.02. The molecule has 4 aromatic heterocycles. The van der Waals surface area contributed by atoms with Gasteiger partial charge in [0.1, 0.15) is 5.58 Å². The van der Waals surface area contributed by atoms with Crippen molar-refractivity contribution in [2.75, 3.05) is 0 Å². The van der Waals surface area contributed by atoms with Gasteiger partial charge in [-0.15, -0.1) is 11.3 Å². The van der Waals surface area contributed by atoms with Crippen molar-refractivity contribution < 1.29 is 4.42 Å². The molecule has 0 radical (unpaired) electrons. The number of hydrogen-bond acceptors (Lipinski definition) is 3. The van der Waals surface area contributed by atoms with E-state index in [4.69, 9.17) is 4.42 Å². The van der Waals surface area contributed by atoms with Crippen molar-refractivity contribution in [3.63, 3.8) is 0 Å². The molecule has 4 heterocycles. The number of para-hydroxylation sites is 1. The molecule has 0 aliphatic carbocycles. The third-order valence-electron chi connectivity index (χ3n) is 4.16. The number of nitrogens with zero attached hydrogens (tertiary/aromatic N) is 1. The molecular weight excluding hydrogens is 306 g/mol. The topological polar surface area (TPSA) is 34.6 Å². The van der Waals surface area contributed by atoms with Crippen molar-refractivity contribution >= 4 is 38.6 Å². The summed E-state index contributed by atoms with van der Waals surface area (Å²) in [6.07, 6.45) is 2.00. The van der Waals surface area contributed by atoms with Gasteiger partial charge in [-0.2, -0.15) is 0 Å². The summed E-state index contributed by atoms with van der Waals surface area (Å²) in [5, 5.41) is 4.63. The molecule has 23 heavy (non-hydrogen) atoms. The molecule has 0 bridgehead atoms. The van der Waals surface area contributed by atoms with Gasteiger partial charge in [-0.3, -0.25) is 0 Å². The van der Waals surface area contributed by atoms with Gasteiger partial charge >= 0.3 is 5.63 Å². The molecule has 0 aliphatic heterocycles. The van der Waals surface area contributed by atoms with Crippen LogP contribution in [0, 0.1) is 0 Å². The summed E-state index contributed by atoms with van der Waals surface area (Å²) in [6.45, 7) is 0. The summed E-state index contributed by atoms with van der Waals surface area (Å²) in [5.41, 5.74) is 2.27. The molecule has 1 aromatic carbocycles. The molecule has 0 unspecified atom stereocenters. The van der Waals surface area contributed by atoms with E-state index in [1.54, 1.807) is 11.3 Å². The highest BCUT2D eigenvalue weighted by Gasteiger charge is 2.20. The lowest BCUT2D eigenvalue weighted by Gasteiger charge is -2.02. The first-order chi connectivity index (χ1) is 11.3. The molecular formula is C19H11NO2S. The van der Waals surface area contributed by atoms with Crippen molar-refractivity contribution in [3.05, 3.63) is 76.6 Å². The molecule has 0 N–H and O–H groups in total. The van der Waals surface area contributed by atoms with Gasteiger partial charge in [0.25, 0.3) is 0 Å². The molecule has 0 amide bonds. The average Bonchev–Trinajstić information content (AvgIpc) is 3.20. The Morgan fingerprint density at radius 3 is 2.65 bits per heavy atom. The Hall–Kier alpha value is -2.85. The molecule has 0 fully saturated rings. The van der Waals surface area contributed by atoms with Gasteiger partial charge < -0.3 is 8.82 Å². The maximum Gasteiger partial charge on any atom is 0.346 e. The summed E-state index contributed by atoms with van der Waals surface area (Å²) in [5.74, 6) is 0. The first-order valence-corrected chi connectivity index (χ1v) is 8.21. The van der Waals surface area contributed by atoms with Gasteiger partial charge in [0, 0.05) is 17.0 Å². The Balaban J connectivity index is 2.19. The smallest absolute Gasteiger partial charge is 0.346 e. The van der Waals surface area contributed by atoms with Gasteiger partial charge in [0.05, 0.1) is 21.5 Å². The maximum absolute atomic E-state index is 12.6. The summed E-state index contributed by atoms with van der Waals surface area (Å²) in [4.78, 5) is 13.7. The van der Waals surface area contributed by atoms with E-state index < -0.39 is 0 Å². The van der Waals surface area contributed by atoms with Crippen LogP contribution in [0.3, 0.4) is 0 Å². The average molecular weight is 317 g/mol. The predicted octanol–water partition coefficient (Wildman–Crippen LogP) is 4.93. The molecule has 5 aromatic rings. The quantitative estimate of drug-likeness (QED) is 0.411. The lowest BCUT2D eigenvalue weighted by molar-refractivity contribution is 0.570. The molecule has 0 saturated carbocycles. The molecule has 0 atom stereocenters. The molecule has 4 heteroatoms. The molecule has 0 aliphatic rings. The molecule has 0 spiro atoms. The largest absolute Gasteiger partial charge is 0.422 e. The van der Waals surface area contributed by atoms with E-state index in [2.05, 4.69) is 15.8 Å². The van der Waals surface area contributed by atoms with Crippen LogP contribution < -0.4 is 5.63 Å². The van der Waals surface area contributed by atoms with Crippen LogP contribution in [-0.4, -0.2) is 4.40 Å². The van der Waals surface area contributed by atoms with Crippen molar-refractivity contribution in [3.8, 4) is 10.6 Å². The predicted molar refractivity (Wildman–Crippen MR) is 94.3 cm³/mol. The highest BCUT2D eigenvalue weighted by molar-refractivity contribution is 7.13. The fourth-order valence-electron chi connectivity index (χ4n) is 3.25. The third kappa shape index (κ3) is 1.67. The second kappa shape index (κ2) is 4.57. The normalized spacial score (nSPS) is 11.7. The van der Waals surface area contributed by atoms with E-state index in [9.17, 15) is 4.79 Å². The summed E-state index contributed by atoms with van der Waals surface area (Å²) < 4.78 is 7.63. The van der Waals surface area contributed by atoms with Crippen molar-refractivity contribution in [2.45, 2.75) is 0 Å². The van der Waals surface area contributed by atoms with Crippen LogP contribution in [-0.2, 0) is 0 Å². The first-order valence-electron chi connectivity index (χ1n) is 7.33. The Labute approximate surface area is 135 Å². The summed E-state index contributed by atoms with van der Waals surface area (Å²) in [7, 11) is 0. The number of benzene rings is 1. The zero-order valence-corrected chi connectivity index (χ0v) is 12.8. The van der Waals surface area contributed by atoms with Crippen LogP contribution in [0.25, 0.3) is 37.8 Å². The van der Waals surface area contributed by atoms with E-state index in [1.165, 1.54) is 0 Å². The van der Waals surface area contributed by atoms with E-state index in [0.717, 1.165) is 26.9 Å². The Kier molecular flexibility index (Phi) is 2.52. The summed E-state index contributed by atoms with van der Waals surface area (Å²) >= 11 is 1.67. The Morgan fingerprint density at radius 1 is 0.913 bits per heavy atom. The Morgan fingerprint density at radius 2 is 1.78 bits per heavy atom. The van der Waals surface area contributed by atoms with E-state index >= 15 is 0 Å². The number of pyridine rings is 1. The molecule has 5 rings (SSSR count). The van der Waals surface area contributed by atoms with Crippen LogP contribution in [0.2, 0.25) is 0 Å². The zero-order valence-electron chi connectivity index (χ0n) is 12.0. The van der Waals surface area contributed by atoms with Crippen LogP contribution in [0.5, 0.6) is 0 Å². The number of aromatic nitrogens is 1. The SMILES string of the molecule is O=c1oc2ccccc2c2c(-c3cccs3)n3ccccc3c12. The highest BCUT2D eigenvalue weighted by atomic mass is 32.1. The monoisotopic (exact) mass is 317 g/mol. The molecule has 0 saturated heterocycles. The Bertz CT molecular complexity index is 1230. The minimum Gasteiger partial charge on any atom is -0.422 e. The number of hydrogen-bond donors (Lipinski definition) is 0. The van der Waals surface area contributed by atoms with Crippen LogP contribution >= 0.6 is 11.3 Å². The van der Waals surface area contributed by atoms with Crippen molar-refractivity contribution in [1.82, 2.24) is 4.40 Å². The van der Waals surface area contributed by atoms with Crippen molar-refractivity contribution in [2.24, 2.45) is 0 Å². The van der Waals surface area contributed by atoms with Gasteiger partial charge in [0.2, 0.25) is 0 Å². The van der Waals surface area contributed by atoms with E-state index in [1.807, 2.05) is 54.7 Å². The maximum atomic E-state index is 12.6. The first kappa shape index (κ1) is 12.7. The second-order valence-electron chi connectivity index (χ2n) is 5.42. The van der Waals surface area contributed by atoms with Crippen LogP contribution in [0.15, 0.2) is 75.4 Å².